The van der Waals surface area contributed by atoms with Crippen LogP contribution in [0.15, 0.2) is 22.7 Å². The molecule has 2 N–H and O–H groups in total. The Balaban J connectivity index is 2.81. The van der Waals surface area contributed by atoms with Crippen LogP contribution in [-0.2, 0) is 9.59 Å². The average molecular weight is 275 g/mol. The molecule has 0 fully saturated rings. The third-order valence-corrected chi connectivity index (χ3v) is 2.11. The lowest BCUT2D eigenvalue weighted by molar-refractivity contribution is -0.135. The minimum absolute atomic E-state index is 0.0354. The molecule has 0 aliphatic rings. The van der Waals surface area contributed by atoms with Gasteiger partial charge in [-0.15, -0.1) is 0 Å². The maximum Gasteiger partial charge on any atom is 0.313 e. The molecule has 0 spiro atoms. The number of amides is 2. The molecule has 0 saturated carbocycles. The van der Waals surface area contributed by atoms with Gasteiger partial charge in [0.2, 0.25) is 0 Å². The van der Waals surface area contributed by atoms with E-state index in [1.165, 1.54) is 19.2 Å². The fraction of sp³-hybridized carbons (Fsp3) is 0.111. The Labute approximate surface area is 94.0 Å². The number of carbonyl (C=O) groups is 2. The second-order valence-corrected chi connectivity index (χ2v) is 3.57. The average Bonchev–Trinajstić information content (AvgIpc) is 2.20. The van der Waals surface area contributed by atoms with Crippen molar-refractivity contribution in [1.82, 2.24) is 5.32 Å². The molecule has 4 nitrogen and oxygen atoms in total. The van der Waals surface area contributed by atoms with E-state index < -0.39 is 17.6 Å². The van der Waals surface area contributed by atoms with Gasteiger partial charge in [-0.2, -0.15) is 0 Å². The molecule has 0 radical (unpaired) electrons. The van der Waals surface area contributed by atoms with Crippen LogP contribution in [0.2, 0.25) is 0 Å². The van der Waals surface area contributed by atoms with Gasteiger partial charge in [0.1, 0.15) is 5.82 Å². The molecular formula is C9H8BrFN2O2. The molecule has 15 heavy (non-hydrogen) atoms. The maximum absolute atomic E-state index is 13.2. The van der Waals surface area contributed by atoms with Crippen molar-refractivity contribution < 1.29 is 14.0 Å². The van der Waals surface area contributed by atoms with E-state index >= 15 is 0 Å². The van der Waals surface area contributed by atoms with Gasteiger partial charge in [0, 0.05) is 11.5 Å². The van der Waals surface area contributed by atoms with Gasteiger partial charge in [0.15, 0.2) is 0 Å². The summed E-state index contributed by atoms with van der Waals surface area (Å²) in [5.74, 6) is -2.34. The lowest BCUT2D eigenvalue weighted by Gasteiger charge is -2.05. The van der Waals surface area contributed by atoms with Crippen molar-refractivity contribution >= 4 is 33.4 Å². The normalized spacial score (nSPS) is 9.53. The standard InChI is InChI=1S/C9H8BrFN2O2/c1-12-8(14)9(15)13-7-3-2-5(10)4-6(7)11/h2-4H,1H3,(H,12,14)(H,13,15). The molecule has 6 heteroatoms. The van der Waals surface area contributed by atoms with Crippen LogP contribution in [0.1, 0.15) is 0 Å². The van der Waals surface area contributed by atoms with Crippen LogP contribution in [0, 0.1) is 5.82 Å². The summed E-state index contributed by atoms with van der Waals surface area (Å²) in [6.45, 7) is 0. The minimum atomic E-state index is -0.904. The van der Waals surface area contributed by atoms with Gasteiger partial charge in [-0.1, -0.05) is 15.9 Å². The van der Waals surface area contributed by atoms with Gasteiger partial charge >= 0.3 is 11.8 Å². The van der Waals surface area contributed by atoms with E-state index in [2.05, 4.69) is 26.6 Å². The summed E-state index contributed by atoms with van der Waals surface area (Å²) in [6, 6.07) is 4.11. The maximum atomic E-state index is 13.2. The molecular weight excluding hydrogens is 267 g/mol. The summed E-state index contributed by atoms with van der Waals surface area (Å²) in [5.41, 5.74) is -0.0354. The van der Waals surface area contributed by atoms with Crippen LogP contribution >= 0.6 is 15.9 Å². The summed E-state index contributed by atoms with van der Waals surface area (Å²) in [4.78, 5) is 21.9. The summed E-state index contributed by atoms with van der Waals surface area (Å²) in [7, 11) is 1.32. The molecule has 0 heterocycles. The van der Waals surface area contributed by atoms with Gasteiger partial charge in [-0.25, -0.2) is 4.39 Å². The fourth-order valence-corrected chi connectivity index (χ4v) is 1.22. The van der Waals surface area contributed by atoms with Crippen molar-refractivity contribution in [2.45, 2.75) is 0 Å². The van der Waals surface area contributed by atoms with Crippen molar-refractivity contribution in [1.29, 1.82) is 0 Å². The predicted molar refractivity (Wildman–Crippen MR) is 56.8 cm³/mol. The topological polar surface area (TPSA) is 58.2 Å². The number of rotatable bonds is 1. The first-order valence-corrected chi connectivity index (χ1v) is 4.82. The predicted octanol–water partition coefficient (Wildman–Crippen LogP) is 1.27. The highest BCUT2D eigenvalue weighted by Gasteiger charge is 2.13. The van der Waals surface area contributed by atoms with Crippen LogP contribution in [0.25, 0.3) is 0 Å². The van der Waals surface area contributed by atoms with E-state index in [0.717, 1.165) is 0 Å². The molecule has 80 valence electrons. The summed E-state index contributed by atoms with van der Waals surface area (Å²) >= 11 is 3.07. The van der Waals surface area contributed by atoms with Crippen molar-refractivity contribution in [3.8, 4) is 0 Å². The lowest BCUT2D eigenvalue weighted by atomic mass is 10.3. The number of likely N-dealkylation sites (N-methyl/N-ethyl adjacent to an activating group) is 1. The molecule has 1 aromatic carbocycles. The second-order valence-electron chi connectivity index (χ2n) is 2.66. The van der Waals surface area contributed by atoms with Crippen molar-refractivity contribution in [2.24, 2.45) is 0 Å². The van der Waals surface area contributed by atoms with Crippen LogP contribution in [-0.4, -0.2) is 18.9 Å². The third kappa shape index (κ3) is 3.02. The van der Waals surface area contributed by atoms with Crippen LogP contribution in [0.5, 0.6) is 0 Å². The number of carbonyl (C=O) groups excluding carboxylic acids is 2. The Morgan fingerprint density at radius 1 is 1.33 bits per heavy atom. The fourth-order valence-electron chi connectivity index (χ4n) is 0.883. The summed E-state index contributed by atoms with van der Waals surface area (Å²) in [6.07, 6.45) is 0. The molecule has 2 amide bonds. The van der Waals surface area contributed by atoms with Gasteiger partial charge in [0.25, 0.3) is 0 Å². The number of hydrogen-bond acceptors (Lipinski definition) is 2. The number of nitrogens with one attached hydrogen (secondary N) is 2. The Morgan fingerprint density at radius 2 is 2.00 bits per heavy atom. The monoisotopic (exact) mass is 274 g/mol. The summed E-state index contributed by atoms with van der Waals surface area (Å²) < 4.78 is 13.8. The highest BCUT2D eigenvalue weighted by Crippen LogP contribution is 2.19. The largest absolute Gasteiger partial charge is 0.351 e. The van der Waals surface area contributed by atoms with E-state index in [-0.39, 0.29) is 5.69 Å². The first kappa shape index (κ1) is 11.6. The second kappa shape index (κ2) is 4.88. The molecule has 1 rings (SSSR count). The Morgan fingerprint density at radius 3 is 2.53 bits per heavy atom. The van der Waals surface area contributed by atoms with E-state index in [4.69, 9.17) is 0 Å². The molecule has 0 aliphatic carbocycles. The van der Waals surface area contributed by atoms with Gasteiger partial charge in [-0.3, -0.25) is 9.59 Å². The van der Waals surface area contributed by atoms with E-state index in [0.29, 0.717) is 4.47 Å². The summed E-state index contributed by atoms with van der Waals surface area (Å²) in [5, 5.41) is 4.27. The zero-order valence-electron chi connectivity index (χ0n) is 7.80. The van der Waals surface area contributed by atoms with Gasteiger partial charge < -0.3 is 10.6 Å². The molecule has 0 atom stereocenters. The highest BCUT2D eigenvalue weighted by molar-refractivity contribution is 9.10. The SMILES string of the molecule is CNC(=O)C(=O)Nc1ccc(Br)cc1F. The minimum Gasteiger partial charge on any atom is -0.351 e. The zero-order valence-corrected chi connectivity index (χ0v) is 9.39. The molecule has 0 aromatic heterocycles. The van der Waals surface area contributed by atoms with Crippen LogP contribution < -0.4 is 10.6 Å². The van der Waals surface area contributed by atoms with Crippen molar-refractivity contribution in [3.05, 3.63) is 28.5 Å². The van der Waals surface area contributed by atoms with Crippen molar-refractivity contribution in [3.63, 3.8) is 0 Å². The zero-order chi connectivity index (χ0) is 11.4. The Kier molecular flexibility index (Phi) is 3.79. The number of halogens is 2. The molecule has 0 aliphatic heterocycles. The van der Waals surface area contributed by atoms with E-state index in [1.807, 2.05) is 0 Å². The Hall–Kier alpha value is -1.43. The quantitative estimate of drug-likeness (QED) is 0.758. The lowest BCUT2D eigenvalue weighted by Crippen LogP contribution is -2.32. The number of anilines is 1. The van der Waals surface area contributed by atoms with Gasteiger partial charge in [-0.05, 0) is 18.2 Å². The van der Waals surface area contributed by atoms with E-state index in [1.54, 1.807) is 6.07 Å². The Bertz CT molecular complexity index is 409. The smallest absolute Gasteiger partial charge is 0.313 e. The van der Waals surface area contributed by atoms with Gasteiger partial charge in [0.05, 0.1) is 5.69 Å². The van der Waals surface area contributed by atoms with Crippen molar-refractivity contribution in [2.75, 3.05) is 12.4 Å². The van der Waals surface area contributed by atoms with Crippen LogP contribution in [0.3, 0.4) is 0 Å². The molecule has 0 bridgehead atoms. The highest BCUT2D eigenvalue weighted by atomic mass is 79.9. The van der Waals surface area contributed by atoms with Crippen LogP contribution in [0.4, 0.5) is 10.1 Å². The number of hydrogen-bond donors (Lipinski definition) is 2. The third-order valence-electron chi connectivity index (χ3n) is 1.61. The number of benzene rings is 1. The first-order valence-electron chi connectivity index (χ1n) is 4.02. The molecule has 0 unspecified atom stereocenters. The molecule has 1 aromatic rings. The van der Waals surface area contributed by atoms with E-state index in [9.17, 15) is 14.0 Å². The first-order chi connectivity index (χ1) is 7.04. The molecule has 0 saturated heterocycles.